The van der Waals surface area contributed by atoms with E-state index in [0.29, 0.717) is 17.3 Å². The first-order valence-corrected chi connectivity index (χ1v) is 6.72. The van der Waals surface area contributed by atoms with E-state index in [-0.39, 0.29) is 0 Å². The summed E-state index contributed by atoms with van der Waals surface area (Å²) >= 11 is 0. The van der Waals surface area contributed by atoms with Crippen molar-refractivity contribution in [1.29, 1.82) is 0 Å². The Balaban J connectivity index is 2.18. The number of hydrogen-bond donors (Lipinski definition) is 1. The highest BCUT2D eigenvalue weighted by molar-refractivity contribution is 5.15. The third-order valence-electron chi connectivity index (χ3n) is 5.16. The van der Waals surface area contributed by atoms with Crippen molar-refractivity contribution in [2.45, 2.75) is 65.4 Å². The van der Waals surface area contributed by atoms with Crippen LogP contribution in [0.25, 0.3) is 0 Å². The lowest BCUT2D eigenvalue weighted by Crippen LogP contribution is -2.43. The lowest BCUT2D eigenvalue weighted by molar-refractivity contribution is -0.0373. The molecule has 2 aliphatic rings. The minimum atomic E-state index is -0.501. The van der Waals surface area contributed by atoms with Crippen LogP contribution in [0.4, 0.5) is 0 Å². The summed E-state index contributed by atoms with van der Waals surface area (Å²) in [6.45, 7) is 8.69. The molecule has 1 heteroatoms. The maximum Gasteiger partial charge on any atom is 0.0620 e. The van der Waals surface area contributed by atoms with E-state index in [0.717, 1.165) is 0 Å². The summed E-state index contributed by atoms with van der Waals surface area (Å²) in [5.74, 6) is 1.19. The molecule has 0 heterocycles. The Kier molecular flexibility index (Phi) is 2.94. The fraction of sp³-hybridized carbons (Fsp3) is 0.867. The number of rotatable bonds is 1. The van der Waals surface area contributed by atoms with Crippen molar-refractivity contribution in [1.82, 2.24) is 0 Å². The quantitative estimate of drug-likeness (QED) is 0.667. The molecule has 0 spiro atoms. The second-order valence-corrected chi connectivity index (χ2v) is 6.82. The summed E-state index contributed by atoms with van der Waals surface area (Å²) in [7, 11) is 0. The molecule has 2 rings (SSSR count). The minimum absolute atomic E-state index is 0.479. The SMILES string of the molecule is CC1=CCC[C@@]2(C)CC[C@@H](C(C)(C)O)C[C@H]12. The van der Waals surface area contributed by atoms with Gasteiger partial charge in [0.2, 0.25) is 0 Å². The average Bonchev–Trinajstić information content (AvgIpc) is 2.15. The molecule has 2 aliphatic carbocycles. The van der Waals surface area contributed by atoms with Gasteiger partial charge in [-0.25, -0.2) is 0 Å². The van der Waals surface area contributed by atoms with Gasteiger partial charge in [0.1, 0.15) is 0 Å². The van der Waals surface area contributed by atoms with Gasteiger partial charge in [0.05, 0.1) is 5.60 Å². The monoisotopic (exact) mass is 222 g/mol. The Morgan fingerprint density at radius 3 is 2.69 bits per heavy atom. The molecule has 0 unspecified atom stereocenters. The average molecular weight is 222 g/mol. The summed E-state index contributed by atoms with van der Waals surface area (Å²) in [6, 6.07) is 0. The highest BCUT2D eigenvalue weighted by Gasteiger charge is 2.44. The molecule has 1 saturated carbocycles. The zero-order chi connectivity index (χ0) is 12.0. The van der Waals surface area contributed by atoms with E-state index in [2.05, 4.69) is 19.9 Å². The van der Waals surface area contributed by atoms with E-state index >= 15 is 0 Å². The molecular weight excluding hydrogens is 196 g/mol. The molecule has 0 bridgehead atoms. The first-order valence-electron chi connectivity index (χ1n) is 6.72. The Morgan fingerprint density at radius 2 is 2.06 bits per heavy atom. The molecule has 16 heavy (non-hydrogen) atoms. The first kappa shape index (κ1) is 12.2. The molecule has 0 aromatic carbocycles. The van der Waals surface area contributed by atoms with Gasteiger partial charge in [-0.2, -0.15) is 0 Å². The van der Waals surface area contributed by atoms with Gasteiger partial charge in [-0.3, -0.25) is 0 Å². The van der Waals surface area contributed by atoms with Crippen molar-refractivity contribution in [2.24, 2.45) is 17.3 Å². The van der Waals surface area contributed by atoms with E-state index < -0.39 is 5.60 Å². The summed E-state index contributed by atoms with van der Waals surface area (Å²) in [5.41, 5.74) is 1.59. The van der Waals surface area contributed by atoms with E-state index in [1.165, 1.54) is 32.1 Å². The van der Waals surface area contributed by atoms with Crippen molar-refractivity contribution < 1.29 is 5.11 Å². The van der Waals surface area contributed by atoms with Crippen LogP contribution in [0.1, 0.15) is 59.8 Å². The molecule has 1 nitrogen and oxygen atoms in total. The third kappa shape index (κ3) is 2.07. The first-order chi connectivity index (χ1) is 7.33. The smallest absolute Gasteiger partial charge is 0.0620 e. The number of hydrogen-bond acceptors (Lipinski definition) is 1. The van der Waals surface area contributed by atoms with Gasteiger partial charge in [-0.1, -0.05) is 18.6 Å². The predicted molar refractivity (Wildman–Crippen MR) is 68.2 cm³/mol. The number of fused-ring (bicyclic) bond motifs is 1. The molecule has 1 fully saturated rings. The Labute approximate surface area is 99.9 Å². The van der Waals surface area contributed by atoms with Crippen LogP contribution in [0.15, 0.2) is 11.6 Å². The van der Waals surface area contributed by atoms with Gasteiger partial charge in [0.25, 0.3) is 0 Å². The predicted octanol–water partition coefficient (Wildman–Crippen LogP) is 3.92. The van der Waals surface area contributed by atoms with Crippen molar-refractivity contribution in [2.75, 3.05) is 0 Å². The molecular formula is C15H26O. The van der Waals surface area contributed by atoms with Crippen molar-refractivity contribution in [3.05, 3.63) is 11.6 Å². The molecule has 0 saturated heterocycles. The van der Waals surface area contributed by atoms with Crippen LogP contribution in [0.3, 0.4) is 0 Å². The fourth-order valence-electron chi connectivity index (χ4n) is 3.81. The Hall–Kier alpha value is -0.300. The number of aliphatic hydroxyl groups is 1. The summed E-state index contributed by atoms with van der Waals surface area (Å²) < 4.78 is 0. The van der Waals surface area contributed by atoms with Gasteiger partial charge in [-0.15, -0.1) is 0 Å². The van der Waals surface area contributed by atoms with Crippen molar-refractivity contribution >= 4 is 0 Å². The van der Waals surface area contributed by atoms with Gasteiger partial charge in [0.15, 0.2) is 0 Å². The van der Waals surface area contributed by atoms with Gasteiger partial charge in [0, 0.05) is 0 Å². The summed E-state index contributed by atoms with van der Waals surface area (Å²) in [5, 5.41) is 10.2. The second kappa shape index (κ2) is 3.87. The molecule has 92 valence electrons. The highest BCUT2D eigenvalue weighted by atomic mass is 16.3. The molecule has 0 radical (unpaired) electrons. The van der Waals surface area contributed by atoms with Gasteiger partial charge >= 0.3 is 0 Å². The van der Waals surface area contributed by atoms with Crippen LogP contribution < -0.4 is 0 Å². The largest absolute Gasteiger partial charge is 0.390 e. The topological polar surface area (TPSA) is 20.2 Å². The molecule has 0 aliphatic heterocycles. The van der Waals surface area contributed by atoms with Crippen LogP contribution in [-0.4, -0.2) is 10.7 Å². The normalized spacial score (nSPS) is 40.2. The zero-order valence-electron chi connectivity index (χ0n) is 11.2. The van der Waals surface area contributed by atoms with Crippen molar-refractivity contribution in [3.8, 4) is 0 Å². The molecule has 0 aromatic rings. The van der Waals surface area contributed by atoms with Crippen LogP contribution in [-0.2, 0) is 0 Å². The summed E-state index contributed by atoms with van der Waals surface area (Å²) in [6.07, 6.45) is 8.68. The van der Waals surface area contributed by atoms with Gasteiger partial charge in [-0.05, 0) is 70.1 Å². The Morgan fingerprint density at radius 1 is 1.38 bits per heavy atom. The lowest BCUT2D eigenvalue weighted by Gasteiger charge is -2.49. The third-order valence-corrected chi connectivity index (χ3v) is 5.16. The standard InChI is InChI=1S/C15H26O/c1-11-6-5-8-15(4)9-7-12(10-13(11)15)14(2,3)16/h6,12-13,16H,5,7-10H2,1-4H3/t12-,13-,15+/m1/s1. The maximum absolute atomic E-state index is 10.2. The Bertz CT molecular complexity index is 297. The molecule has 0 aromatic heterocycles. The second-order valence-electron chi connectivity index (χ2n) is 6.82. The van der Waals surface area contributed by atoms with Gasteiger partial charge < -0.3 is 5.11 Å². The lowest BCUT2D eigenvalue weighted by atomic mass is 9.56. The van der Waals surface area contributed by atoms with E-state index in [1.54, 1.807) is 5.57 Å². The minimum Gasteiger partial charge on any atom is -0.390 e. The van der Waals surface area contributed by atoms with Crippen LogP contribution >= 0.6 is 0 Å². The molecule has 3 atom stereocenters. The zero-order valence-corrected chi connectivity index (χ0v) is 11.2. The molecule has 1 N–H and O–H groups in total. The number of allylic oxidation sites excluding steroid dienone is 2. The highest BCUT2D eigenvalue weighted by Crippen LogP contribution is 2.53. The van der Waals surface area contributed by atoms with E-state index in [4.69, 9.17) is 0 Å². The molecule has 0 amide bonds. The van der Waals surface area contributed by atoms with Crippen LogP contribution in [0, 0.1) is 17.3 Å². The van der Waals surface area contributed by atoms with Crippen LogP contribution in [0.2, 0.25) is 0 Å². The van der Waals surface area contributed by atoms with Crippen molar-refractivity contribution in [3.63, 3.8) is 0 Å². The van der Waals surface area contributed by atoms with E-state index in [9.17, 15) is 5.11 Å². The maximum atomic E-state index is 10.2. The van der Waals surface area contributed by atoms with E-state index in [1.807, 2.05) is 13.8 Å². The fourth-order valence-corrected chi connectivity index (χ4v) is 3.81. The van der Waals surface area contributed by atoms with Crippen LogP contribution in [0.5, 0.6) is 0 Å². The summed E-state index contributed by atoms with van der Waals surface area (Å²) in [4.78, 5) is 0.